The van der Waals surface area contributed by atoms with Gasteiger partial charge in [0.15, 0.2) is 0 Å². The first kappa shape index (κ1) is 14.5. The first-order valence-electron chi connectivity index (χ1n) is 6.44. The quantitative estimate of drug-likeness (QED) is 0.675. The van der Waals surface area contributed by atoms with Gasteiger partial charge in [0.1, 0.15) is 0 Å². The third-order valence-electron chi connectivity index (χ3n) is 3.02. The van der Waals surface area contributed by atoms with Crippen LogP contribution in [0.4, 0.5) is 4.79 Å². The third kappa shape index (κ3) is 4.04. The molecule has 0 fully saturated rings. The number of hydrogen-bond acceptors (Lipinski definition) is 2. The first-order chi connectivity index (χ1) is 8.62. The zero-order chi connectivity index (χ0) is 13.4. The molecule has 0 saturated heterocycles. The summed E-state index contributed by atoms with van der Waals surface area (Å²) in [6.07, 6.45) is 2.05. The average Bonchev–Trinajstić information content (AvgIpc) is 2.40. The highest BCUT2D eigenvalue weighted by Crippen LogP contribution is 2.18. The molecule has 100 valence electrons. The Balaban J connectivity index is 2.63. The van der Waals surface area contributed by atoms with Crippen LogP contribution in [0.1, 0.15) is 32.3 Å². The Morgan fingerprint density at radius 1 is 1.33 bits per heavy atom. The van der Waals surface area contributed by atoms with Gasteiger partial charge in [-0.05, 0) is 18.9 Å². The summed E-state index contributed by atoms with van der Waals surface area (Å²) in [5.41, 5.74) is 6.28. The minimum atomic E-state index is -0.530. The lowest BCUT2D eigenvalue weighted by Crippen LogP contribution is -2.52. The first-order valence-corrected chi connectivity index (χ1v) is 6.44. The molecule has 0 aliphatic heterocycles. The molecule has 2 amide bonds. The Bertz CT molecular complexity index is 367. The van der Waals surface area contributed by atoms with Crippen molar-refractivity contribution in [3.8, 4) is 0 Å². The van der Waals surface area contributed by atoms with Crippen molar-refractivity contribution in [2.75, 3.05) is 13.1 Å². The Hall–Kier alpha value is -1.55. The number of nitrogens with one attached hydrogen (secondary N) is 2. The van der Waals surface area contributed by atoms with Crippen LogP contribution in [0.3, 0.4) is 0 Å². The summed E-state index contributed by atoms with van der Waals surface area (Å²) >= 11 is 0. The van der Waals surface area contributed by atoms with Gasteiger partial charge in [-0.3, -0.25) is 0 Å². The lowest BCUT2D eigenvalue weighted by atomic mass is 9.92. The fraction of sp³-hybridized carbons (Fsp3) is 0.500. The molecular formula is C14H23N3O. The molecule has 1 unspecified atom stereocenters. The van der Waals surface area contributed by atoms with Gasteiger partial charge >= 0.3 is 6.03 Å². The minimum absolute atomic E-state index is 0.166. The van der Waals surface area contributed by atoms with Crippen LogP contribution >= 0.6 is 0 Å². The van der Waals surface area contributed by atoms with E-state index < -0.39 is 5.54 Å². The highest BCUT2D eigenvalue weighted by molar-refractivity contribution is 5.75. The van der Waals surface area contributed by atoms with Crippen molar-refractivity contribution >= 4 is 6.03 Å². The van der Waals surface area contributed by atoms with Gasteiger partial charge < -0.3 is 16.4 Å². The highest BCUT2D eigenvalue weighted by atomic mass is 16.2. The number of amides is 2. The lowest BCUT2D eigenvalue weighted by molar-refractivity contribution is 0.228. The van der Waals surface area contributed by atoms with E-state index in [9.17, 15) is 4.79 Å². The molecule has 0 aromatic heterocycles. The van der Waals surface area contributed by atoms with Crippen LogP contribution in [0, 0.1) is 0 Å². The smallest absolute Gasteiger partial charge is 0.315 e. The molecule has 0 heterocycles. The molecular weight excluding hydrogens is 226 g/mol. The van der Waals surface area contributed by atoms with Crippen LogP contribution < -0.4 is 16.4 Å². The second kappa shape index (κ2) is 7.01. The van der Waals surface area contributed by atoms with E-state index >= 15 is 0 Å². The molecule has 0 spiro atoms. The molecule has 0 bridgehead atoms. The van der Waals surface area contributed by atoms with Gasteiger partial charge in [0.25, 0.3) is 0 Å². The van der Waals surface area contributed by atoms with E-state index in [4.69, 9.17) is 5.73 Å². The maximum atomic E-state index is 11.8. The van der Waals surface area contributed by atoms with E-state index in [0.717, 1.165) is 18.4 Å². The molecule has 0 aliphatic carbocycles. The second-order valence-electron chi connectivity index (χ2n) is 4.64. The van der Waals surface area contributed by atoms with Crippen LogP contribution in [-0.4, -0.2) is 19.1 Å². The summed E-state index contributed by atoms with van der Waals surface area (Å²) in [5, 5.41) is 5.78. The second-order valence-corrected chi connectivity index (χ2v) is 4.64. The van der Waals surface area contributed by atoms with Gasteiger partial charge in [0.05, 0.1) is 5.54 Å². The SMILES string of the molecule is CCCCNC(=O)NC(C)(CN)c1ccccc1. The summed E-state index contributed by atoms with van der Waals surface area (Å²) < 4.78 is 0. The van der Waals surface area contributed by atoms with Crippen molar-refractivity contribution in [1.29, 1.82) is 0 Å². The maximum Gasteiger partial charge on any atom is 0.315 e. The summed E-state index contributed by atoms with van der Waals surface area (Å²) in [6.45, 7) is 5.07. The zero-order valence-electron chi connectivity index (χ0n) is 11.2. The molecule has 0 radical (unpaired) electrons. The van der Waals surface area contributed by atoms with Gasteiger partial charge in [-0.1, -0.05) is 43.7 Å². The Morgan fingerprint density at radius 2 is 2.00 bits per heavy atom. The summed E-state index contributed by atoms with van der Waals surface area (Å²) in [5.74, 6) is 0. The average molecular weight is 249 g/mol. The van der Waals surface area contributed by atoms with Crippen molar-refractivity contribution in [3.05, 3.63) is 35.9 Å². The van der Waals surface area contributed by atoms with Gasteiger partial charge in [-0.2, -0.15) is 0 Å². The summed E-state index contributed by atoms with van der Waals surface area (Å²) in [4.78, 5) is 11.8. The summed E-state index contributed by atoms with van der Waals surface area (Å²) in [6, 6.07) is 9.61. The zero-order valence-corrected chi connectivity index (χ0v) is 11.2. The molecule has 4 N–H and O–H groups in total. The fourth-order valence-corrected chi connectivity index (χ4v) is 1.72. The molecule has 4 nitrogen and oxygen atoms in total. The van der Waals surface area contributed by atoms with Gasteiger partial charge in [-0.25, -0.2) is 4.79 Å². The van der Waals surface area contributed by atoms with E-state index in [1.54, 1.807) is 0 Å². The number of nitrogens with two attached hydrogens (primary N) is 1. The largest absolute Gasteiger partial charge is 0.338 e. The molecule has 0 aliphatic rings. The maximum absolute atomic E-state index is 11.8. The summed E-state index contributed by atoms with van der Waals surface area (Å²) in [7, 11) is 0. The molecule has 0 saturated carbocycles. The minimum Gasteiger partial charge on any atom is -0.338 e. The Kier molecular flexibility index (Phi) is 5.65. The van der Waals surface area contributed by atoms with Crippen molar-refractivity contribution in [2.45, 2.75) is 32.2 Å². The number of carbonyl (C=O) groups is 1. The van der Waals surface area contributed by atoms with Crippen LogP contribution in [0.5, 0.6) is 0 Å². The number of hydrogen-bond donors (Lipinski definition) is 3. The van der Waals surface area contributed by atoms with Crippen molar-refractivity contribution in [3.63, 3.8) is 0 Å². The normalized spacial score (nSPS) is 13.7. The molecule has 4 heteroatoms. The predicted molar refractivity (Wildman–Crippen MR) is 74.3 cm³/mol. The van der Waals surface area contributed by atoms with Gasteiger partial charge in [-0.15, -0.1) is 0 Å². The fourth-order valence-electron chi connectivity index (χ4n) is 1.72. The number of carbonyl (C=O) groups excluding carboxylic acids is 1. The third-order valence-corrected chi connectivity index (χ3v) is 3.02. The number of urea groups is 1. The number of unbranched alkanes of at least 4 members (excludes halogenated alkanes) is 1. The van der Waals surface area contributed by atoms with E-state index in [1.165, 1.54) is 0 Å². The van der Waals surface area contributed by atoms with E-state index in [2.05, 4.69) is 17.6 Å². The van der Waals surface area contributed by atoms with E-state index in [0.29, 0.717) is 13.1 Å². The van der Waals surface area contributed by atoms with E-state index in [1.807, 2.05) is 37.3 Å². The molecule has 1 aromatic carbocycles. The van der Waals surface area contributed by atoms with E-state index in [-0.39, 0.29) is 6.03 Å². The number of benzene rings is 1. The van der Waals surface area contributed by atoms with Crippen LogP contribution in [0.2, 0.25) is 0 Å². The predicted octanol–water partition coefficient (Wildman–Crippen LogP) is 1.96. The topological polar surface area (TPSA) is 67.2 Å². The van der Waals surface area contributed by atoms with Crippen LogP contribution in [0.15, 0.2) is 30.3 Å². The number of rotatable bonds is 6. The molecule has 1 rings (SSSR count). The lowest BCUT2D eigenvalue weighted by Gasteiger charge is -2.30. The van der Waals surface area contributed by atoms with Crippen molar-refractivity contribution in [2.24, 2.45) is 5.73 Å². The van der Waals surface area contributed by atoms with Crippen LogP contribution in [0.25, 0.3) is 0 Å². The molecule has 18 heavy (non-hydrogen) atoms. The van der Waals surface area contributed by atoms with Crippen molar-refractivity contribution in [1.82, 2.24) is 10.6 Å². The standard InChI is InChI=1S/C14H23N3O/c1-3-4-10-16-13(18)17-14(2,11-15)12-8-6-5-7-9-12/h5-9H,3-4,10-11,15H2,1-2H3,(H2,16,17,18). The highest BCUT2D eigenvalue weighted by Gasteiger charge is 2.26. The Labute approximate surface area is 109 Å². The molecule has 1 atom stereocenters. The van der Waals surface area contributed by atoms with Gasteiger partial charge in [0.2, 0.25) is 0 Å². The monoisotopic (exact) mass is 249 g/mol. The van der Waals surface area contributed by atoms with Crippen LogP contribution in [-0.2, 0) is 5.54 Å². The van der Waals surface area contributed by atoms with Gasteiger partial charge in [0, 0.05) is 13.1 Å². The molecule has 1 aromatic rings. The van der Waals surface area contributed by atoms with Crippen molar-refractivity contribution < 1.29 is 4.79 Å². The Morgan fingerprint density at radius 3 is 2.56 bits per heavy atom.